The van der Waals surface area contributed by atoms with E-state index in [1.165, 1.54) is 0 Å². The molecule has 0 saturated heterocycles. The summed E-state index contributed by atoms with van der Waals surface area (Å²) in [6.07, 6.45) is 0. The Hall–Kier alpha value is -2.99. The van der Waals surface area contributed by atoms with Crippen molar-refractivity contribution >= 4 is 34.6 Å². The van der Waals surface area contributed by atoms with E-state index in [-0.39, 0.29) is 0 Å². The van der Waals surface area contributed by atoms with E-state index in [1.807, 2.05) is 55.5 Å². The number of aromatic nitrogens is 2. The highest BCUT2D eigenvalue weighted by molar-refractivity contribution is 6.30. The Kier molecular flexibility index (Phi) is 4.50. The van der Waals surface area contributed by atoms with Crippen LogP contribution < -0.4 is 20.1 Å². The van der Waals surface area contributed by atoms with Gasteiger partial charge in [0.2, 0.25) is 0 Å². The summed E-state index contributed by atoms with van der Waals surface area (Å²) in [6, 6.07) is 15.0. The highest BCUT2D eigenvalue weighted by Crippen LogP contribution is 2.33. The van der Waals surface area contributed by atoms with Crippen molar-refractivity contribution in [3.05, 3.63) is 59.4 Å². The molecule has 0 bridgehead atoms. The summed E-state index contributed by atoms with van der Waals surface area (Å²) in [5, 5.41) is 7.23. The van der Waals surface area contributed by atoms with Crippen LogP contribution in [0, 0.1) is 6.92 Å². The summed E-state index contributed by atoms with van der Waals surface area (Å²) in [7, 11) is 0. The average molecular weight is 369 g/mol. The van der Waals surface area contributed by atoms with Crippen LogP contribution in [0.3, 0.4) is 0 Å². The predicted molar refractivity (Wildman–Crippen MR) is 102 cm³/mol. The summed E-state index contributed by atoms with van der Waals surface area (Å²) in [5.41, 5.74) is 1.77. The zero-order valence-electron chi connectivity index (χ0n) is 14.1. The van der Waals surface area contributed by atoms with Crippen LogP contribution in [0.5, 0.6) is 11.5 Å². The van der Waals surface area contributed by atoms with E-state index in [2.05, 4.69) is 20.6 Å². The molecule has 7 heteroatoms. The summed E-state index contributed by atoms with van der Waals surface area (Å²) < 4.78 is 11.2. The number of rotatable bonds is 4. The molecule has 0 unspecified atom stereocenters. The molecule has 2 aromatic carbocycles. The zero-order chi connectivity index (χ0) is 17.9. The topological polar surface area (TPSA) is 68.3 Å². The summed E-state index contributed by atoms with van der Waals surface area (Å²) in [6.45, 7) is 2.98. The van der Waals surface area contributed by atoms with Crippen molar-refractivity contribution in [2.24, 2.45) is 0 Å². The number of hydrogen-bond donors (Lipinski definition) is 2. The quantitative estimate of drug-likeness (QED) is 0.695. The van der Waals surface area contributed by atoms with Crippen LogP contribution in [-0.2, 0) is 0 Å². The molecule has 132 valence electrons. The lowest BCUT2D eigenvalue weighted by Gasteiger charge is -2.19. The van der Waals surface area contributed by atoms with Crippen LogP contribution in [0.15, 0.2) is 48.5 Å². The number of ether oxygens (including phenoxy) is 2. The van der Waals surface area contributed by atoms with Crippen LogP contribution in [0.4, 0.5) is 23.0 Å². The van der Waals surface area contributed by atoms with Gasteiger partial charge in [-0.3, -0.25) is 0 Å². The van der Waals surface area contributed by atoms with Gasteiger partial charge in [0, 0.05) is 28.5 Å². The Labute approximate surface area is 156 Å². The van der Waals surface area contributed by atoms with Crippen LogP contribution in [0.1, 0.15) is 5.82 Å². The van der Waals surface area contributed by atoms with Crippen molar-refractivity contribution in [1.29, 1.82) is 0 Å². The molecule has 0 aliphatic carbocycles. The minimum Gasteiger partial charge on any atom is -0.486 e. The smallest absolute Gasteiger partial charge is 0.163 e. The number of hydrogen-bond acceptors (Lipinski definition) is 6. The maximum absolute atomic E-state index is 5.92. The molecular weight excluding hydrogens is 352 g/mol. The molecule has 1 aliphatic rings. The van der Waals surface area contributed by atoms with Gasteiger partial charge in [-0.1, -0.05) is 11.6 Å². The molecule has 26 heavy (non-hydrogen) atoms. The fourth-order valence-electron chi connectivity index (χ4n) is 2.65. The second-order valence-corrected chi connectivity index (χ2v) is 6.24. The molecule has 2 N–H and O–H groups in total. The maximum atomic E-state index is 5.92. The number of nitrogens with one attached hydrogen (secondary N) is 2. The second kappa shape index (κ2) is 7.09. The first-order chi connectivity index (χ1) is 12.7. The van der Waals surface area contributed by atoms with Crippen molar-refractivity contribution < 1.29 is 9.47 Å². The minimum absolute atomic E-state index is 0.554. The van der Waals surface area contributed by atoms with Crippen molar-refractivity contribution in [1.82, 2.24) is 9.97 Å². The third-order valence-corrected chi connectivity index (χ3v) is 4.02. The minimum atomic E-state index is 0.554. The van der Waals surface area contributed by atoms with Gasteiger partial charge in [-0.2, -0.15) is 0 Å². The van der Waals surface area contributed by atoms with Gasteiger partial charge in [0.05, 0.1) is 0 Å². The van der Waals surface area contributed by atoms with Gasteiger partial charge in [-0.25, -0.2) is 9.97 Å². The molecular formula is C19H17ClN4O2. The van der Waals surface area contributed by atoms with E-state index in [0.717, 1.165) is 22.9 Å². The standard InChI is InChI=1S/C19H17ClN4O2/c1-12-21-18(23-14-4-2-13(20)3-5-14)11-19(22-12)24-15-6-7-16-17(10-15)26-9-8-25-16/h2-7,10-11H,8-9H2,1H3,(H2,21,22,23,24). The molecule has 1 aliphatic heterocycles. The molecule has 3 aromatic rings. The fourth-order valence-corrected chi connectivity index (χ4v) is 2.77. The zero-order valence-corrected chi connectivity index (χ0v) is 14.9. The largest absolute Gasteiger partial charge is 0.486 e. The Morgan fingerprint density at radius 2 is 1.42 bits per heavy atom. The maximum Gasteiger partial charge on any atom is 0.163 e. The molecule has 0 fully saturated rings. The van der Waals surface area contributed by atoms with Gasteiger partial charge in [-0.15, -0.1) is 0 Å². The predicted octanol–water partition coefficient (Wildman–Crippen LogP) is 4.70. The lowest BCUT2D eigenvalue weighted by Crippen LogP contribution is -2.15. The number of nitrogens with zero attached hydrogens (tertiary/aromatic N) is 2. The fraction of sp³-hybridized carbons (Fsp3) is 0.158. The molecule has 0 radical (unpaired) electrons. The lowest BCUT2D eigenvalue weighted by atomic mass is 10.2. The molecule has 0 spiro atoms. The van der Waals surface area contributed by atoms with Crippen molar-refractivity contribution in [2.45, 2.75) is 6.92 Å². The molecule has 4 rings (SSSR count). The summed E-state index contributed by atoms with van der Waals surface area (Å²) >= 11 is 5.92. The lowest BCUT2D eigenvalue weighted by molar-refractivity contribution is 0.171. The van der Waals surface area contributed by atoms with Gasteiger partial charge in [0.15, 0.2) is 11.5 Å². The average Bonchev–Trinajstić information content (AvgIpc) is 2.63. The van der Waals surface area contributed by atoms with Crippen LogP contribution in [0.25, 0.3) is 0 Å². The molecule has 2 heterocycles. The monoisotopic (exact) mass is 368 g/mol. The van der Waals surface area contributed by atoms with Gasteiger partial charge in [-0.05, 0) is 43.3 Å². The van der Waals surface area contributed by atoms with Gasteiger partial charge >= 0.3 is 0 Å². The Morgan fingerprint density at radius 1 is 0.808 bits per heavy atom. The number of aryl methyl sites for hydroxylation is 1. The van der Waals surface area contributed by atoms with Crippen molar-refractivity contribution in [2.75, 3.05) is 23.8 Å². The highest BCUT2D eigenvalue weighted by atomic mass is 35.5. The highest BCUT2D eigenvalue weighted by Gasteiger charge is 2.12. The van der Waals surface area contributed by atoms with E-state index in [1.54, 1.807) is 0 Å². The SMILES string of the molecule is Cc1nc(Nc2ccc(Cl)cc2)cc(Nc2ccc3c(c2)OCCO3)n1. The van der Waals surface area contributed by atoms with E-state index in [9.17, 15) is 0 Å². The number of anilines is 4. The van der Waals surface area contributed by atoms with Gasteiger partial charge in [0.25, 0.3) is 0 Å². The number of halogens is 1. The van der Waals surface area contributed by atoms with E-state index in [0.29, 0.717) is 35.7 Å². The second-order valence-electron chi connectivity index (χ2n) is 5.80. The van der Waals surface area contributed by atoms with Crippen molar-refractivity contribution in [3.8, 4) is 11.5 Å². The van der Waals surface area contributed by atoms with Gasteiger partial charge < -0.3 is 20.1 Å². The molecule has 0 saturated carbocycles. The molecule has 1 aromatic heterocycles. The Bertz CT molecular complexity index is 931. The van der Waals surface area contributed by atoms with E-state index in [4.69, 9.17) is 21.1 Å². The van der Waals surface area contributed by atoms with Gasteiger partial charge in [0.1, 0.15) is 30.7 Å². The molecule has 0 amide bonds. The summed E-state index contributed by atoms with van der Waals surface area (Å²) in [5.74, 6) is 3.52. The normalized spacial score (nSPS) is 12.5. The van der Waals surface area contributed by atoms with Crippen LogP contribution in [-0.4, -0.2) is 23.2 Å². The first-order valence-electron chi connectivity index (χ1n) is 8.21. The number of fused-ring (bicyclic) bond motifs is 1. The Morgan fingerprint density at radius 3 is 2.15 bits per heavy atom. The van der Waals surface area contributed by atoms with Crippen molar-refractivity contribution in [3.63, 3.8) is 0 Å². The first-order valence-corrected chi connectivity index (χ1v) is 8.58. The van der Waals surface area contributed by atoms with E-state index < -0.39 is 0 Å². The van der Waals surface area contributed by atoms with Crippen LogP contribution >= 0.6 is 11.6 Å². The van der Waals surface area contributed by atoms with Crippen LogP contribution in [0.2, 0.25) is 5.02 Å². The molecule has 6 nitrogen and oxygen atoms in total. The summed E-state index contributed by atoms with van der Waals surface area (Å²) in [4.78, 5) is 8.87. The molecule has 0 atom stereocenters. The third kappa shape index (κ3) is 3.81. The Balaban J connectivity index is 1.55. The third-order valence-electron chi connectivity index (χ3n) is 3.77. The number of benzene rings is 2. The first kappa shape index (κ1) is 16.5. The van der Waals surface area contributed by atoms with E-state index >= 15 is 0 Å².